The van der Waals surface area contributed by atoms with Crippen LogP contribution in [-0.4, -0.2) is 28.0 Å². The molecule has 0 saturated carbocycles. The van der Waals surface area contributed by atoms with Crippen LogP contribution in [-0.2, 0) is 0 Å². The predicted molar refractivity (Wildman–Crippen MR) is 87.0 cm³/mol. The van der Waals surface area contributed by atoms with E-state index in [9.17, 15) is 0 Å². The highest BCUT2D eigenvalue weighted by Crippen LogP contribution is 2.29. The molecule has 0 amide bonds. The van der Waals surface area contributed by atoms with Crippen LogP contribution in [0.15, 0.2) is 36.7 Å². The molecule has 6 nitrogen and oxygen atoms in total. The van der Waals surface area contributed by atoms with Crippen molar-refractivity contribution in [1.82, 2.24) is 14.4 Å². The quantitative estimate of drug-likeness (QED) is 0.749. The van der Waals surface area contributed by atoms with E-state index in [-0.39, 0.29) is 6.61 Å². The van der Waals surface area contributed by atoms with E-state index in [1.807, 2.05) is 37.4 Å². The van der Waals surface area contributed by atoms with Crippen molar-refractivity contribution in [1.29, 1.82) is 5.26 Å². The maximum absolute atomic E-state index is 8.96. The molecule has 0 unspecified atom stereocenters. The van der Waals surface area contributed by atoms with Crippen LogP contribution in [0.1, 0.15) is 5.69 Å². The van der Waals surface area contributed by atoms with E-state index >= 15 is 0 Å². The van der Waals surface area contributed by atoms with Crippen LogP contribution in [0.25, 0.3) is 16.9 Å². The van der Waals surface area contributed by atoms with E-state index < -0.39 is 0 Å². The monoisotopic (exact) mass is 303 g/mol. The normalized spacial score (nSPS) is 10.0. The minimum Gasteiger partial charge on any atom is -0.481 e. The smallest absolute Gasteiger partial charge is 0.148 e. The Hall–Kier alpha value is -3.51. The highest BCUT2D eigenvalue weighted by molar-refractivity contribution is 5.76. The third-order valence-electron chi connectivity index (χ3n) is 3.32. The Morgan fingerprint density at radius 3 is 2.78 bits per heavy atom. The molecule has 0 fully saturated rings. The number of anilines is 1. The fourth-order valence-electron chi connectivity index (χ4n) is 2.28. The van der Waals surface area contributed by atoms with E-state index in [0.717, 1.165) is 17.1 Å². The van der Waals surface area contributed by atoms with Crippen molar-refractivity contribution in [3.63, 3.8) is 0 Å². The van der Waals surface area contributed by atoms with Crippen LogP contribution in [0.5, 0.6) is 5.75 Å². The zero-order valence-electron chi connectivity index (χ0n) is 12.4. The van der Waals surface area contributed by atoms with Gasteiger partial charge in [-0.1, -0.05) is 5.92 Å². The first-order valence-electron chi connectivity index (χ1n) is 6.89. The molecule has 2 heterocycles. The van der Waals surface area contributed by atoms with Crippen LogP contribution < -0.4 is 10.1 Å². The number of nitrogens with zero attached hydrogens (tertiary/aromatic N) is 4. The molecule has 23 heavy (non-hydrogen) atoms. The molecule has 2 aromatic heterocycles. The second-order valence-corrected chi connectivity index (χ2v) is 4.69. The molecule has 0 aliphatic heterocycles. The lowest BCUT2D eigenvalue weighted by molar-refractivity contribution is 0.370. The number of ether oxygens (including phenoxy) is 1. The van der Waals surface area contributed by atoms with Gasteiger partial charge in [0, 0.05) is 18.7 Å². The SMILES string of the molecule is C#CCOc1ccc(-c2nc3cc(C#N)ncn3c2NC)cc1. The highest BCUT2D eigenvalue weighted by atomic mass is 16.5. The van der Waals surface area contributed by atoms with E-state index in [2.05, 4.69) is 21.2 Å². The summed E-state index contributed by atoms with van der Waals surface area (Å²) in [5, 5.41) is 12.1. The third kappa shape index (κ3) is 2.66. The molecule has 112 valence electrons. The summed E-state index contributed by atoms with van der Waals surface area (Å²) in [5.74, 6) is 3.93. The zero-order chi connectivity index (χ0) is 16.2. The highest BCUT2D eigenvalue weighted by Gasteiger charge is 2.13. The number of terminal acetylenes is 1. The average Bonchev–Trinajstić information content (AvgIpc) is 2.97. The van der Waals surface area contributed by atoms with E-state index in [1.165, 1.54) is 0 Å². The fourth-order valence-corrected chi connectivity index (χ4v) is 2.28. The third-order valence-corrected chi connectivity index (χ3v) is 3.32. The fraction of sp³-hybridized carbons (Fsp3) is 0.118. The summed E-state index contributed by atoms with van der Waals surface area (Å²) >= 11 is 0. The summed E-state index contributed by atoms with van der Waals surface area (Å²) in [6.07, 6.45) is 6.76. The standard InChI is InChI=1S/C17H13N5O/c1-3-8-23-14-6-4-12(5-7-14)16-17(19-2)22-11-20-13(10-18)9-15(22)21-16/h1,4-7,9,11,19H,8H2,2H3. The number of benzene rings is 1. The first-order valence-corrected chi connectivity index (χ1v) is 6.89. The maximum Gasteiger partial charge on any atom is 0.148 e. The Labute approximate surface area is 133 Å². The molecule has 3 aromatic rings. The summed E-state index contributed by atoms with van der Waals surface area (Å²) in [4.78, 5) is 8.66. The van der Waals surface area contributed by atoms with Crippen molar-refractivity contribution in [3.8, 4) is 35.4 Å². The lowest BCUT2D eigenvalue weighted by Crippen LogP contribution is -1.97. The predicted octanol–water partition coefficient (Wildman–Crippen LogP) is 2.32. The van der Waals surface area contributed by atoms with Gasteiger partial charge in [0.05, 0.1) is 0 Å². The largest absolute Gasteiger partial charge is 0.481 e. The Kier molecular flexibility index (Phi) is 3.82. The summed E-state index contributed by atoms with van der Waals surface area (Å²) < 4.78 is 7.17. The number of imidazole rings is 1. The van der Waals surface area contributed by atoms with Crippen molar-refractivity contribution in [2.24, 2.45) is 0 Å². The lowest BCUT2D eigenvalue weighted by atomic mass is 10.1. The number of fused-ring (bicyclic) bond motifs is 1. The van der Waals surface area contributed by atoms with Gasteiger partial charge in [-0.05, 0) is 24.3 Å². The topological polar surface area (TPSA) is 75.2 Å². The van der Waals surface area contributed by atoms with Crippen LogP contribution in [0, 0.1) is 23.7 Å². The zero-order valence-corrected chi connectivity index (χ0v) is 12.4. The first kappa shape index (κ1) is 14.4. The second-order valence-electron chi connectivity index (χ2n) is 4.69. The Balaban J connectivity index is 2.05. The first-order chi connectivity index (χ1) is 11.3. The van der Waals surface area contributed by atoms with Crippen molar-refractivity contribution in [3.05, 3.63) is 42.4 Å². The second kappa shape index (κ2) is 6.08. The van der Waals surface area contributed by atoms with Crippen LogP contribution >= 0.6 is 0 Å². The molecule has 3 rings (SSSR count). The van der Waals surface area contributed by atoms with Gasteiger partial charge in [0.15, 0.2) is 0 Å². The minimum absolute atomic E-state index is 0.234. The molecule has 0 bridgehead atoms. The summed E-state index contributed by atoms with van der Waals surface area (Å²) in [7, 11) is 1.82. The van der Waals surface area contributed by atoms with E-state index in [4.69, 9.17) is 16.4 Å². The van der Waals surface area contributed by atoms with Gasteiger partial charge in [0.25, 0.3) is 0 Å². The Bertz CT molecular complexity index is 929. The summed E-state index contributed by atoms with van der Waals surface area (Å²) in [6, 6.07) is 11.2. The lowest BCUT2D eigenvalue weighted by Gasteiger charge is -2.05. The molecule has 1 N–H and O–H groups in total. The minimum atomic E-state index is 0.234. The number of hydrogen-bond acceptors (Lipinski definition) is 5. The molecule has 6 heteroatoms. The van der Waals surface area contributed by atoms with Crippen molar-refractivity contribution in [2.75, 3.05) is 19.0 Å². The molecule has 1 aromatic carbocycles. The number of nitriles is 1. The average molecular weight is 303 g/mol. The summed E-state index contributed by atoms with van der Waals surface area (Å²) in [5.41, 5.74) is 2.68. The van der Waals surface area contributed by atoms with Gasteiger partial charge in [-0.2, -0.15) is 5.26 Å². The van der Waals surface area contributed by atoms with Crippen molar-refractivity contribution >= 4 is 11.5 Å². The number of rotatable bonds is 4. The summed E-state index contributed by atoms with van der Waals surface area (Å²) in [6.45, 7) is 0.234. The molecule has 0 radical (unpaired) electrons. The Morgan fingerprint density at radius 2 is 2.13 bits per heavy atom. The number of hydrogen-bond donors (Lipinski definition) is 1. The van der Waals surface area contributed by atoms with Crippen LogP contribution in [0.4, 0.5) is 5.82 Å². The van der Waals surface area contributed by atoms with Gasteiger partial charge < -0.3 is 10.1 Å². The van der Waals surface area contributed by atoms with Gasteiger partial charge >= 0.3 is 0 Å². The number of nitrogens with one attached hydrogen (secondary N) is 1. The van der Waals surface area contributed by atoms with Gasteiger partial charge in [0.2, 0.25) is 0 Å². The van der Waals surface area contributed by atoms with Gasteiger partial charge in [-0.3, -0.25) is 4.40 Å². The van der Waals surface area contributed by atoms with E-state index in [0.29, 0.717) is 17.1 Å². The van der Waals surface area contributed by atoms with Crippen molar-refractivity contribution < 1.29 is 4.74 Å². The molecule has 0 aliphatic rings. The molecule has 0 aliphatic carbocycles. The molecule has 0 spiro atoms. The van der Waals surface area contributed by atoms with Crippen LogP contribution in [0.2, 0.25) is 0 Å². The Morgan fingerprint density at radius 1 is 1.35 bits per heavy atom. The molecular formula is C17H13N5O. The van der Waals surface area contributed by atoms with Gasteiger partial charge in [0.1, 0.15) is 47.6 Å². The van der Waals surface area contributed by atoms with E-state index in [1.54, 1.807) is 16.8 Å². The maximum atomic E-state index is 8.96. The molecule has 0 saturated heterocycles. The number of aromatic nitrogens is 3. The van der Waals surface area contributed by atoms with Crippen molar-refractivity contribution in [2.45, 2.75) is 0 Å². The molecule has 0 atom stereocenters. The van der Waals surface area contributed by atoms with Gasteiger partial charge in [-0.15, -0.1) is 6.42 Å². The molecular weight excluding hydrogens is 290 g/mol. The van der Waals surface area contributed by atoms with Crippen LogP contribution in [0.3, 0.4) is 0 Å². The van der Waals surface area contributed by atoms with Gasteiger partial charge in [-0.25, -0.2) is 9.97 Å².